The van der Waals surface area contributed by atoms with Crippen molar-refractivity contribution in [3.63, 3.8) is 0 Å². The highest BCUT2D eigenvalue weighted by Crippen LogP contribution is 2.31. The summed E-state index contributed by atoms with van der Waals surface area (Å²) in [5, 5.41) is 7.35. The van der Waals surface area contributed by atoms with Crippen LogP contribution in [0.3, 0.4) is 0 Å². The molecule has 1 N–H and O–H groups in total. The quantitative estimate of drug-likeness (QED) is 0.947. The number of aromatic nitrogens is 2. The number of aryl methyl sites for hydroxylation is 3. The van der Waals surface area contributed by atoms with Crippen LogP contribution in [0.4, 0.5) is 5.69 Å². The lowest BCUT2D eigenvalue weighted by Gasteiger charge is -2.07. The van der Waals surface area contributed by atoms with Crippen LogP contribution in [0.25, 0.3) is 0 Å². The Labute approximate surface area is 120 Å². The van der Waals surface area contributed by atoms with Crippen LogP contribution in [0.15, 0.2) is 17.1 Å². The van der Waals surface area contributed by atoms with E-state index in [1.807, 2.05) is 11.3 Å². The lowest BCUT2D eigenvalue weighted by molar-refractivity contribution is 0.708. The zero-order chi connectivity index (χ0) is 13.4. The van der Waals surface area contributed by atoms with Gasteiger partial charge in [0.1, 0.15) is 5.02 Å². The second-order valence-electron chi connectivity index (χ2n) is 4.67. The molecule has 1 aliphatic carbocycles. The number of fused-ring (bicyclic) bond motifs is 1. The molecule has 0 fully saturated rings. The van der Waals surface area contributed by atoms with E-state index in [0.717, 1.165) is 0 Å². The summed E-state index contributed by atoms with van der Waals surface area (Å²) in [6.45, 7) is 0.687. The van der Waals surface area contributed by atoms with Gasteiger partial charge in [0.05, 0.1) is 11.9 Å². The molecule has 0 saturated carbocycles. The molecule has 6 heteroatoms. The molecular formula is C13H14ClN3OS. The molecule has 4 nitrogen and oxygen atoms in total. The van der Waals surface area contributed by atoms with Gasteiger partial charge in [-0.2, -0.15) is 5.10 Å². The van der Waals surface area contributed by atoms with Crippen LogP contribution in [0.5, 0.6) is 0 Å². The van der Waals surface area contributed by atoms with Crippen molar-refractivity contribution in [1.82, 2.24) is 9.78 Å². The standard InChI is InChI=1S/C13H14ClN3OS/c1-17-13(18)12(14)10(7-16-17)15-6-9-5-8-3-2-4-11(8)19-9/h5,7,15H,2-4,6H2,1H3. The van der Waals surface area contributed by atoms with Gasteiger partial charge in [-0.3, -0.25) is 4.79 Å². The number of halogens is 1. The normalized spacial score (nSPS) is 13.6. The number of anilines is 1. The fourth-order valence-electron chi connectivity index (χ4n) is 2.29. The first-order valence-corrected chi connectivity index (χ1v) is 7.41. The fourth-order valence-corrected chi connectivity index (χ4v) is 3.73. The van der Waals surface area contributed by atoms with E-state index < -0.39 is 0 Å². The maximum atomic E-state index is 11.6. The summed E-state index contributed by atoms with van der Waals surface area (Å²) in [5.41, 5.74) is 1.80. The van der Waals surface area contributed by atoms with Gasteiger partial charge in [-0.25, -0.2) is 4.68 Å². The Morgan fingerprint density at radius 2 is 2.37 bits per heavy atom. The summed E-state index contributed by atoms with van der Waals surface area (Å²) in [6.07, 6.45) is 5.26. The summed E-state index contributed by atoms with van der Waals surface area (Å²) in [4.78, 5) is 14.4. The van der Waals surface area contributed by atoms with Crippen LogP contribution in [-0.2, 0) is 26.4 Å². The van der Waals surface area contributed by atoms with E-state index in [4.69, 9.17) is 11.6 Å². The minimum Gasteiger partial charge on any atom is -0.377 e. The van der Waals surface area contributed by atoms with Crippen molar-refractivity contribution in [2.45, 2.75) is 25.8 Å². The van der Waals surface area contributed by atoms with Crippen LogP contribution in [0, 0.1) is 0 Å². The van der Waals surface area contributed by atoms with Crippen molar-refractivity contribution in [2.24, 2.45) is 7.05 Å². The highest BCUT2D eigenvalue weighted by atomic mass is 35.5. The van der Waals surface area contributed by atoms with Crippen molar-refractivity contribution in [1.29, 1.82) is 0 Å². The molecule has 0 unspecified atom stereocenters. The maximum Gasteiger partial charge on any atom is 0.287 e. The molecular weight excluding hydrogens is 282 g/mol. The molecule has 0 atom stereocenters. The van der Waals surface area contributed by atoms with E-state index in [0.29, 0.717) is 12.2 Å². The lowest BCUT2D eigenvalue weighted by atomic mass is 10.2. The Balaban J connectivity index is 1.75. The van der Waals surface area contributed by atoms with E-state index in [2.05, 4.69) is 16.5 Å². The summed E-state index contributed by atoms with van der Waals surface area (Å²) >= 11 is 7.85. The van der Waals surface area contributed by atoms with Gasteiger partial charge in [0.2, 0.25) is 0 Å². The van der Waals surface area contributed by atoms with E-state index >= 15 is 0 Å². The van der Waals surface area contributed by atoms with E-state index in [-0.39, 0.29) is 10.6 Å². The molecule has 1 aliphatic rings. The van der Waals surface area contributed by atoms with Crippen LogP contribution >= 0.6 is 22.9 Å². The SMILES string of the molecule is Cn1ncc(NCc2cc3c(s2)CCC3)c(Cl)c1=O. The topological polar surface area (TPSA) is 46.9 Å². The molecule has 0 radical (unpaired) electrons. The second-order valence-corrected chi connectivity index (χ2v) is 6.27. The average Bonchev–Trinajstić information content (AvgIpc) is 2.96. The molecule has 2 aromatic rings. The Bertz CT molecular complexity index is 656. The van der Waals surface area contributed by atoms with Crippen molar-refractivity contribution >= 4 is 28.6 Å². The molecule has 0 amide bonds. The second kappa shape index (κ2) is 4.98. The zero-order valence-electron chi connectivity index (χ0n) is 10.6. The maximum absolute atomic E-state index is 11.6. The number of hydrogen-bond acceptors (Lipinski definition) is 4. The first kappa shape index (κ1) is 12.7. The van der Waals surface area contributed by atoms with E-state index in [9.17, 15) is 4.79 Å². The number of nitrogens with zero attached hydrogens (tertiary/aromatic N) is 2. The molecule has 0 aliphatic heterocycles. The molecule has 2 aromatic heterocycles. The van der Waals surface area contributed by atoms with Crippen molar-refractivity contribution in [3.8, 4) is 0 Å². The van der Waals surface area contributed by atoms with Crippen LogP contribution < -0.4 is 10.9 Å². The average molecular weight is 296 g/mol. The van der Waals surface area contributed by atoms with Crippen LogP contribution in [0.2, 0.25) is 5.02 Å². The van der Waals surface area contributed by atoms with Gasteiger partial charge in [-0.1, -0.05) is 11.6 Å². The Hall–Kier alpha value is -1.33. The first-order valence-electron chi connectivity index (χ1n) is 6.21. The Kier molecular flexibility index (Phi) is 3.33. The minimum atomic E-state index is -0.277. The van der Waals surface area contributed by atoms with Gasteiger partial charge in [0.25, 0.3) is 5.56 Å². The molecule has 0 bridgehead atoms. The van der Waals surface area contributed by atoms with Crippen LogP contribution in [0.1, 0.15) is 21.7 Å². The van der Waals surface area contributed by atoms with Gasteiger partial charge >= 0.3 is 0 Å². The number of thiophene rings is 1. The fraction of sp³-hybridized carbons (Fsp3) is 0.385. The molecule has 0 saturated heterocycles. The summed E-state index contributed by atoms with van der Waals surface area (Å²) in [5.74, 6) is 0. The molecule has 3 rings (SSSR count). The molecule has 0 aromatic carbocycles. The molecule has 2 heterocycles. The molecule has 19 heavy (non-hydrogen) atoms. The highest BCUT2D eigenvalue weighted by Gasteiger charge is 2.15. The largest absolute Gasteiger partial charge is 0.377 e. The van der Waals surface area contributed by atoms with Crippen LogP contribution in [-0.4, -0.2) is 9.78 Å². The van der Waals surface area contributed by atoms with E-state index in [1.165, 1.54) is 39.3 Å². The highest BCUT2D eigenvalue weighted by molar-refractivity contribution is 7.12. The molecule has 0 spiro atoms. The van der Waals surface area contributed by atoms with Gasteiger partial charge in [-0.15, -0.1) is 11.3 Å². The van der Waals surface area contributed by atoms with Crippen molar-refractivity contribution < 1.29 is 0 Å². The van der Waals surface area contributed by atoms with E-state index in [1.54, 1.807) is 13.2 Å². The predicted octanol–water partition coefficient (Wildman–Crippen LogP) is 2.60. The smallest absolute Gasteiger partial charge is 0.287 e. The van der Waals surface area contributed by atoms with Crippen molar-refractivity contribution in [3.05, 3.63) is 43.0 Å². The minimum absolute atomic E-state index is 0.196. The Morgan fingerprint density at radius 3 is 3.16 bits per heavy atom. The summed E-state index contributed by atoms with van der Waals surface area (Å²) < 4.78 is 1.23. The van der Waals surface area contributed by atoms with Gasteiger partial charge in [0, 0.05) is 23.3 Å². The third-order valence-corrected chi connectivity index (χ3v) is 4.93. The molecule has 100 valence electrons. The number of nitrogens with one attached hydrogen (secondary N) is 1. The lowest BCUT2D eigenvalue weighted by Crippen LogP contribution is -2.20. The summed E-state index contributed by atoms with van der Waals surface area (Å²) in [7, 11) is 1.59. The number of hydrogen-bond donors (Lipinski definition) is 1. The third-order valence-electron chi connectivity index (χ3n) is 3.33. The first-order chi connectivity index (χ1) is 9.15. The summed E-state index contributed by atoms with van der Waals surface area (Å²) in [6, 6.07) is 2.25. The third kappa shape index (κ3) is 2.40. The Morgan fingerprint density at radius 1 is 1.53 bits per heavy atom. The monoisotopic (exact) mass is 295 g/mol. The van der Waals surface area contributed by atoms with Gasteiger partial charge in [-0.05, 0) is 30.9 Å². The van der Waals surface area contributed by atoms with Gasteiger partial charge in [0.15, 0.2) is 0 Å². The zero-order valence-corrected chi connectivity index (χ0v) is 12.1. The van der Waals surface area contributed by atoms with Gasteiger partial charge < -0.3 is 5.32 Å². The number of rotatable bonds is 3. The van der Waals surface area contributed by atoms with Crippen molar-refractivity contribution in [2.75, 3.05) is 5.32 Å². The predicted molar refractivity (Wildman–Crippen MR) is 78.2 cm³/mol.